The minimum atomic E-state index is -0.0199. The standard InChI is InChI=1S/C23H23ClN4O3S/c1-28(2)27-23-26-21(19(32-23)13-25-10-11-29)22-20(14-4-6-15(24)7-5-14)17-12-16(30-3)8-9-18(17)31-22/h4-9,12-13,29H,10-11H2,1-3H3,(H,26,27). The second kappa shape index (κ2) is 9.70. The highest BCUT2D eigenvalue weighted by atomic mass is 35.5. The van der Waals surface area contributed by atoms with Crippen LogP contribution in [0.3, 0.4) is 0 Å². The lowest BCUT2D eigenvalue weighted by molar-refractivity contribution is 0.307. The molecular weight excluding hydrogens is 448 g/mol. The first-order chi connectivity index (χ1) is 15.5. The van der Waals surface area contributed by atoms with Crippen LogP contribution in [0.2, 0.25) is 5.02 Å². The molecule has 0 bridgehead atoms. The van der Waals surface area contributed by atoms with Crippen molar-refractivity contribution in [1.29, 1.82) is 0 Å². The lowest BCUT2D eigenvalue weighted by Gasteiger charge is -2.09. The Labute approximate surface area is 194 Å². The summed E-state index contributed by atoms with van der Waals surface area (Å²) in [7, 11) is 5.43. The van der Waals surface area contributed by atoms with Gasteiger partial charge in [0.1, 0.15) is 17.0 Å². The fourth-order valence-electron chi connectivity index (χ4n) is 3.30. The van der Waals surface area contributed by atoms with Gasteiger partial charge >= 0.3 is 0 Å². The average molecular weight is 471 g/mol. The van der Waals surface area contributed by atoms with Crippen LogP contribution in [-0.4, -0.2) is 55.7 Å². The Morgan fingerprint density at radius 1 is 1.25 bits per heavy atom. The van der Waals surface area contributed by atoms with Gasteiger partial charge in [0.2, 0.25) is 0 Å². The summed E-state index contributed by atoms with van der Waals surface area (Å²) >= 11 is 7.60. The van der Waals surface area contributed by atoms with E-state index in [-0.39, 0.29) is 6.61 Å². The molecular formula is C23H23ClN4O3S. The third-order valence-corrected chi connectivity index (χ3v) is 5.80. The fourth-order valence-corrected chi connectivity index (χ4v) is 4.36. The molecule has 0 radical (unpaired) electrons. The molecule has 0 amide bonds. The number of thiazole rings is 1. The summed E-state index contributed by atoms with van der Waals surface area (Å²) < 4.78 is 11.8. The van der Waals surface area contributed by atoms with E-state index in [1.165, 1.54) is 11.3 Å². The Kier molecular flexibility index (Phi) is 6.76. The van der Waals surface area contributed by atoms with Crippen LogP contribution in [0, 0.1) is 0 Å². The number of halogens is 1. The summed E-state index contributed by atoms with van der Waals surface area (Å²) in [5, 5.41) is 13.2. The van der Waals surface area contributed by atoms with Crippen LogP contribution in [-0.2, 0) is 0 Å². The van der Waals surface area contributed by atoms with Crippen molar-refractivity contribution in [2.24, 2.45) is 4.99 Å². The SMILES string of the molecule is COc1ccc2oc(-c3nc(NN(C)C)sc3C=NCCO)c(-c3ccc(Cl)cc3)c2c1. The number of furan rings is 1. The van der Waals surface area contributed by atoms with Crippen molar-refractivity contribution >= 4 is 45.3 Å². The highest BCUT2D eigenvalue weighted by molar-refractivity contribution is 7.17. The van der Waals surface area contributed by atoms with Gasteiger partial charge in [0.15, 0.2) is 10.9 Å². The highest BCUT2D eigenvalue weighted by Crippen LogP contribution is 2.44. The first-order valence-corrected chi connectivity index (χ1v) is 11.1. The zero-order valence-corrected chi connectivity index (χ0v) is 19.5. The van der Waals surface area contributed by atoms with Gasteiger partial charge in [0.25, 0.3) is 0 Å². The molecule has 0 saturated carbocycles. The second-order valence-corrected chi connectivity index (χ2v) is 8.64. The van der Waals surface area contributed by atoms with E-state index in [0.29, 0.717) is 28.2 Å². The monoisotopic (exact) mass is 470 g/mol. The molecule has 7 nitrogen and oxygen atoms in total. The van der Waals surface area contributed by atoms with E-state index in [4.69, 9.17) is 30.8 Å². The molecule has 4 aromatic rings. The number of methoxy groups -OCH3 is 1. The van der Waals surface area contributed by atoms with Gasteiger partial charge in [0.05, 0.1) is 25.1 Å². The summed E-state index contributed by atoms with van der Waals surface area (Å²) in [5.41, 5.74) is 6.43. The largest absolute Gasteiger partial charge is 0.497 e. The van der Waals surface area contributed by atoms with E-state index in [1.807, 2.05) is 61.6 Å². The molecule has 2 aromatic carbocycles. The van der Waals surface area contributed by atoms with E-state index in [9.17, 15) is 0 Å². The van der Waals surface area contributed by atoms with Crippen LogP contribution in [0.5, 0.6) is 5.75 Å². The van der Waals surface area contributed by atoms with Crippen LogP contribution in [0.25, 0.3) is 33.6 Å². The number of rotatable bonds is 8. The molecule has 2 N–H and O–H groups in total. The first kappa shape index (κ1) is 22.3. The molecule has 0 aliphatic rings. The lowest BCUT2D eigenvalue weighted by atomic mass is 10.0. The van der Waals surface area contributed by atoms with Crippen molar-refractivity contribution in [2.45, 2.75) is 0 Å². The predicted octanol–water partition coefficient (Wildman–Crippen LogP) is 5.19. The number of anilines is 1. The first-order valence-electron chi connectivity index (χ1n) is 9.92. The quantitative estimate of drug-likeness (QED) is 0.272. The number of fused-ring (bicyclic) bond motifs is 1. The van der Waals surface area contributed by atoms with Crippen molar-refractivity contribution < 1.29 is 14.3 Å². The van der Waals surface area contributed by atoms with Gasteiger partial charge in [-0.05, 0) is 35.9 Å². The summed E-state index contributed by atoms with van der Waals surface area (Å²) in [5.74, 6) is 1.36. The molecule has 0 unspecified atom stereocenters. The van der Waals surface area contributed by atoms with Crippen LogP contribution >= 0.6 is 22.9 Å². The molecule has 0 saturated heterocycles. The minimum Gasteiger partial charge on any atom is -0.497 e. The van der Waals surface area contributed by atoms with E-state index in [2.05, 4.69) is 10.4 Å². The number of hydrogen-bond donors (Lipinski definition) is 2. The summed E-state index contributed by atoms with van der Waals surface area (Å²) in [6, 6.07) is 13.3. The maximum atomic E-state index is 9.13. The molecule has 0 fully saturated rings. The number of aliphatic hydroxyl groups excluding tert-OH is 1. The number of nitrogens with zero attached hydrogens (tertiary/aromatic N) is 3. The van der Waals surface area contributed by atoms with Crippen LogP contribution < -0.4 is 10.2 Å². The summed E-state index contributed by atoms with van der Waals surface area (Å²) in [4.78, 5) is 9.93. The molecule has 0 aliphatic carbocycles. The van der Waals surface area contributed by atoms with Gasteiger partial charge in [-0.15, -0.1) is 0 Å². The van der Waals surface area contributed by atoms with Crippen molar-refractivity contribution in [1.82, 2.24) is 9.99 Å². The molecule has 0 atom stereocenters. The van der Waals surface area contributed by atoms with Gasteiger partial charge in [0, 0.05) is 36.3 Å². The molecule has 2 aromatic heterocycles. The molecule has 4 rings (SSSR count). The number of ether oxygens (including phenoxy) is 1. The molecule has 166 valence electrons. The van der Waals surface area contributed by atoms with E-state index >= 15 is 0 Å². The number of hydrazine groups is 1. The maximum Gasteiger partial charge on any atom is 0.198 e. The van der Waals surface area contributed by atoms with Crippen molar-refractivity contribution in [2.75, 3.05) is 39.8 Å². The highest BCUT2D eigenvalue weighted by Gasteiger charge is 2.23. The van der Waals surface area contributed by atoms with E-state index in [0.717, 1.165) is 32.7 Å². The minimum absolute atomic E-state index is 0.0199. The molecule has 2 heterocycles. The van der Waals surface area contributed by atoms with Gasteiger partial charge in [-0.1, -0.05) is 35.1 Å². The predicted molar refractivity (Wildman–Crippen MR) is 131 cm³/mol. The zero-order chi connectivity index (χ0) is 22.7. The van der Waals surface area contributed by atoms with Gasteiger partial charge in [-0.2, -0.15) is 0 Å². The normalized spacial score (nSPS) is 11.7. The molecule has 9 heteroatoms. The number of aliphatic imine (C=N–C) groups is 1. The van der Waals surface area contributed by atoms with Crippen LogP contribution in [0.15, 0.2) is 51.9 Å². The van der Waals surface area contributed by atoms with Crippen molar-refractivity contribution in [3.8, 4) is 28.3 Å². The Morgan fingerprint density at radius 2 is 2.03 bits per heavy atom. The Morgan fingerprint density at radius 3 is 2.72 bits per heavy atom. The smallest absolute Gasteiger partial charge is 0.198 e. The Bertz CT molecular complexity index is 1250. The van der Waals surface area contributed by atoms with E-state index < -0.39 is 0 Å². The molecule has 32 heavy (non-hydrogen) atoms. The van der Waals surface area contributed by atoms with Gasteiger partial charge in [-0.25, -0.2) is 9.99 Å². The Balaban J connectivity index is 1.96. The Hall–Kier alpha value is -2.91. The van der Waals surface area contributed by atoms with Gasteiger partial charge in [-0.3, -0.25) is 10.4 Å². The zero-order valence-electron chi connectivity index (χ0n) is 17.9. The molecule has 0 aliphatic heterocycles. The van der Waals surface area contributed by atoms with Gasteiger partial charge < -0.3 is 14.3 Å². The van der Waals surface area contributed by atoms with Crippen LogP contribution in [0.4, 0.5) is 5.13 Å². The number of aromatic nitrogens is 1. The third-order valence-electron chi connectivity index (χ3n) is 4.65. The number of aliphatic hydroxyl groups is 1. The molecule has 0 spiro atoms. The number of hydrogen-bond acceptors (Lipinski definition) is 8. The number of benzene rings is 2. The van der Waals surface area contributed by atoms with E-state index in [1.54, 1.807) is 13.3 Å². The lowest BCUT2D eigenvalue weighted by Crippen LogP contribution is -2.19. The second-order valence-electron chi connectivity index (χ2n) is 7.17. The third kappa shape index (κ3) is 4.63. The number of nitrogens with one attached hydrogen (secondary N) is 1. The summed E-state index contributed by atoms with van der Waals surface area (Å²) in [6.45, 7) is 0.295. The van der Waals surface area contributed by atoms with Crippen molar-refractivity contribution in [3.63, 3.8) is 0 Å². The maximum absolute atomic E-state index is 9.13. The fraction of sp³-hybridized carbons (Fsp3) is 0.217. The average Bonchev–Trinajstić information content (AvgIpc) is 3.34. The van der Waals surface area contributed by atoms with Crippen LogP contribution in [0.1, 0.15) is 4.88 Å². The topological polar surface area (TPSA) is 83.1 Å². The summed E-state index contributed by atoms with van der Waals surface area (Å²) in [6.07, 6.45) is 1.73. The van der Waals surface area contributed by atoms with Crippen molar-refractivity contribution in [3.05, 3.63) is 52.4 Å².